The van der Waals surface area contributed by atoms with Crippen molar-refractivity contribution in [3.8, 4) is 0 Å². The topological polar surface area (TPSA) is 12.0 Å². The molecule has 1 N–H and O–H groups in total. The van der Waals surface area contributed by atoms with Gasteiger partial charge in [-0.3, -0.25) is 0 Å². The van der Waals surface area contributed by atoms with Gasteiger partial charge < -0.3 is 5.32 Å². The minimum absolute atomic E-state index is 0.145. The second-order valence-electron chi connectivity index (χ2n) is 4.53. The lowest BCUT2D eigenvalue weighted by atomic mass is 10.1. The molecule has 0 amide bonds. The highest BCUT2D eigenvalue weighted by Crippen LogP contribution is 2.16. The first kappa shape index (κ1) is 14.5. The van der Waals surface area contributed by atoms with Crippen molar-refractivity contribution >= 4 is 0 Å². The maximum Gasteiger partial charge on any atom is 0.194 e. The van der Waals surface area contributed by atoms with Crippen molar-refractivity contribution in [1.82, 2.24) is 5.32 Å². The third-order valence-corrected chi connectivity index (χ3v) is 3.00. The fraction of sp³-hybridized carbons (Fsp3) is 0.200. The Hall–Kier alpha value is -1.88. The summed E-state index contributed by atoms with van der Waals surface area (Å²) in [6.45, 7) is 1.94. The second kappa shape index (κ2) is 6.05. The average molecular weight is 283 g/mol. The molecule has 1 nitrogen and oxygen atoms in total. The van der Waals surface area contributed by atoms with Crippen molar-refractivity contribution in [2.45, 2.75) is 19.5 Å². The monoisotopic (exact) mass is 283 g/mol. The summed E-state index contributed by atoms with van der Waals surface area (Å²) in [4.78, 5) is 0. The Bertz CT molecular complexity index is 590. The maximum atomic E-state index is 13.1. The lowest BCUT2D eigenvalue weighted by Crippen LogP contribution is -2.18. The maximum absolute atomic E-state index is 13.1. The highest BCUT2D eigenvalue weighted by Gasteiger charge is 2.11. The van der Waals surface area contributed by atoms with Gasteiger partial charge in [-0.1, -0.05) is 12.1 Å². The third-order valence-electron chi connectivity index (χ3n) is 3.00. The Kier molecular flexibility index (Phi) is 4.39. The van der Waals surface area contributed by atoms with E-state index in [-0.39, 0.29) is 24.0 Å². The number of nitrogens with one attached hydrogen (secondary N) is 1. The molecule has 0 spiro atoms. The average Bonchev–Trinajstić information content (AvgIpc) is 2.42. The molecule has 0 aliphatic rings. The summed E-state index contributed by atoms with van der Waals surface area (Å²) in [5, 5.41) is 2.99. The van der Waals surface area contributed by atoms with Crippen molar-refractivity contribution in [1.29, 1.82) is 0 Å². The molecule has 20 heavy (non-hydrogen) atoms. The van der Waals surface area contributed by atoms with E-state index < -0.39 is 17.5 Å². The predicted octanol–water partition coefficient (Wildman–Crippen LogP) is 4.09. The molecule has 2 aromatic rings. The first-order valence-corrected chi connectivity index (χ1v) is 6.09. The SMILES string of the molecule is C[C@@H](NCc1cc(F)c(F)c(F)c1)c1cccc(F)c1. The molecule has 0 fully saturated rings. The molecular formula is C15H13F4N. The number of halogens is 4. The summed E-state index contributed by atoms with van der Waals surface area (Å²) in [6.07, 6.45) is 0. The molecule has 0 saturated heterocycles. The van der Waals surface area contributed by atoms with Gasteiger partial charge in [0.15, 0.2) is 17.5 Å². The molecule has 106 valence electrons. The minimum atomic E-state index is -1.48. The number of hydrogen-bond donors (Lipinski definition) is 1. The second-order valence-corrected chi connectivity index (χ2v) is 4.53. The molecule has 0 saturated carbocycles. The van der Waals surface area contributed by atoms with Gasteiger partial charge in [0.25, 0.3) is 0 Å². The van der Waals surface area contributed by atoms with E-state index in [0.29, 0.717) is 5.56 Å². The van der Waals surface area contributed by atoms with E-state index in [9.17, 15) is 17.6 Å². The molecule has 0 radical (unpaired) electrons. The summed E-state index contributed by atoms with van der Waals surface area (Å²) in [7, 11) is 0. The van der Waals surface area contributed by atoms with Gasteiger partial charge in [-0.25, -0.2) is 17.6 Å². The van der Waals surface area contributed by atoms with E-state index in [1.54, 1.807) is 19.1 Å². The summed E-state index contributed by atoms with van der Waals surface area (Å²) in [5.74, 6) is -4.28. The van der Waals surface area contributed by atoms with Crippen LogP contribution in [0.2, 0.25) is 0 Å². The van der Waals surface area contributed by atoms with Gasteiger partial charge in [-0.05, 0) is 42.3 Å². The fourth-order valence-corrected chi connectivity index (χ4v) is 1.87. The van der Waals surface area contributed by atoms with Crippen LogP contribution in [-0.2, 0) is 6.54 Å². The van der Waals surface area contributed by atoms with E-state index in [1.165, 1.54) is 12.1 Å². The lowest BCUT2D eigenvalue weighted by molar-refractivity contribution is 0.443. The molecule has 0 aromatic heterocycles. The first-order chi connectivity index (χ1) is 9.47. The Morgan fingerprint density at radius 2 is 1.65 bits per heavy atom. The number of hydrogen-bond acceptors (Lipinski definition) is 1. The smallest absolute Gasteiger partial charge is 0.194 e. The van der Waals surface area contributed by atoms with Crippen molar-refractivity contribution in [3.63, 3.8) is 0 Å². The molecule has 2 aromatic carbocycles. The summed E-state index contributed by atoms with van der Waals surface area (Å²) >= 11 is 0. The largest absolute Gasteiger partial charge is 0.306 e. The highest BCUT2D eigenvalue weighted by atomic mass is 19.2. The number of benzene rings is 2. The predicted molar refractivity (Wildman–Crippen MR) is 68.0 cm³/mol. The van der Waals surface area contributed by atoms with Crippen LogP contribution in [0.25, 0.3) is 0 Å². The molecule has 0 heterocycles. The first-order valence-electron chi connectivity index (χ1n) is 6.09. The van der Waals surface area contributed by atoms with Crippen LogP contribution in [0, 0.1) is 23.3 Å². The molecule has 1 atom stereocenters. The molecule has 2 rings (SSSR count). The van der Waals surface area contributed by atoms with Gasteiger partial charge in [-0.2, -0.15) is 0 Å². The summed E-state index contributed by atoms with van der Waals surface area (Å²) in [6, 6.07) is 7.70. The Balaban J connectivity index is 2.05. The Morgan fingerprint density at radius 3 is 2.25 bits per heavy atom. The van der Waals surface area contributed by atoms with E-state index in [2.05, 4.69) is 5.32 Å². The number of rotatable bonds is 4. The van der Waals surface area contributed by atoms with Gasteiger partial charge in [-0.15, -0.1) is 0 Å². The lowest BCUT2D eigenvalue weighted by Gasteiger charge is -2.14. The molecule has 0 aliphatic carbocycles. The zero-order chi connectivity index (χ0) is 14.7. The Morgan fingerprint density at radius 1 is 1.00 bits per heavy atom. The van der Waals surface area contributed by atoms with Crippen LogP contribution < -0.4 is 5.32 Å². The van der Waals surface area contributed by atoms with Crippen LogP contribution in [0.5, 0.6) is 0 Å². The van der Waals surface area contributed by atoms with Gasteiger partial charge >= 0.3 is 0 Å². The van der Waals surface area contributed by atoms with Crippen LogP contribution in [-0.4, -0.2) is 0 Å². The zero-order valence-corrected chi connectivity index (χ0v) is 10.8. The van der Waals surface area contributed by atoms with E-state index >= 15 is 0 Å². The fourth-order valence-electron chi connectivity index (χ4n) is 1.87. The van der Waals surface area contributed by atoms with Gasteiger partial charge in [0.2, 0.25) is 0 Å². The van der Waals surface area contributed by atoms with Crippen LogP contribution in [0.1, 0.15) is 24.1 Å². The Labute approximate surface area is 114 Å². The molecule has 0 aliphatic heterocycles. The summed E-state index contributed by atoms with van der Waals surface area (Å²) in [5.41, 5.74) is 0.998. The van der Waals surface area contributed by atoms with E-state index in [0.717, 1.165) is 12.1 Å². The van der Waals surface area contributed by atoms with E-state index in [4.69, 9.17) is 0 Å². The van der Waals surface area contributed by atoms with Crippen molar-refractivity contribution < 1.29 is 17.6 Å². The van der Waals surface area contributed by atoms with Crippen molar-refractivity contribution in [2.24, 2.45) is 0 Å². The molecule has 0 bridgehead atoms. The standard InChI is InChI=1S/C15H13F4N/c1-9(11-3-2-4-12(16)7-11)20-8-10-5-13(17)15(19)14(18)6-10/h2-7,9,20H,8H2,1H3/t9-/m1/s1. The van der Waals surface area contributed by atoms with Gasteiger partial charge in [0.1, 0.15) is 5.82 Å². The van der Waals surface area contributed by atoms with Crippen LogP contribution in [0.15, 0.2) is 36.4 Å². The van der Waals surface area contributed by atoms with Crippen molar-refractivity contribution in [2.75, 3.05) is 0 Å². The zero-order valence-electron chi connectivity index (χ0n) is 10.8. The van der Waals surface area contributed by atoms with Crippen LogP contribution in [0.4, 0.5) is 17.6 Å². The van der Waals surface area contributed by atoms with Gasteiger partial charge in [0, 0.05) is 12.6 Å². The van der Waals surface area contributed by atoms with Gasteiger partial charge in [0.05, 0.1) is 0 Å². The highest BCUT2D eigenvalue weighted by molar-refractivity contribution is 5.22. The molecular weight excluding hydrogens is 270 g/mol. The van der Waals surface area contributed by atoms with Crippen LogP contribution >= 0.6 is 0 Å². The van der Waals surface area contributed by atoms with Crippen molar-refractivity contribution in [3.05, 3.63) is 70.8 Å². The summed E-state index contributed by atoms with van der Waals surface area (Å²) < 4.78 is 52.0. The van der Waals surface area contributed by atoms with Crippen LogP contribution in [0.3, 0.4) is 0 Å². The van der Waals surface area contributed by atoms with E-state index in [1.807, 2.05) is 0 Å². The molecule has 0 unspecified atom stereocenters. The quantitative estimate of drug-likeness (QED) is 0.658. The minimum Gasteiger partial charge on any atom is -0.306 e. The normalized spacial score (nSPS) is 12.4. The molecule has 5 heteroatoms. The third kappa shape index (κ3) is 3.36.